The van der Waals surface area contributed by atoms with Crippen LogP contribution in [0, 0.1) is 5.92 Å². The van der Waals surface area contributed by atoms with Gasteiger partial charge < -0.3 is 0 Å². The van der Waals surface area contributed by atoms with E-state index in [1.165, 1.54) is 64.2 Å². The van der Waals surface area contributed by atoms with E-state index < -0.39 is 0 Å². The molecule has 0 saturated heterocycles. The second-order valence-corrected chi connectivity index (χ2v) is 9.02. The quantitative estimate of drug-likeness (QED) is 0.477. The lowest BCUT2D eigenvalue weighted by molar-refractivity contribution is -0.566. The van der Waals surface area contributed by atoms with Crippen LogP contribution in [0.2, 0.25) is 0 Å². The summed E-state index contributed by atoms with van der Waals surface area (Å²) in [5.41, 5.74) is 5.54. The fourth-order valence-corrected chi connectivity index (χ4v) is 6.82. The number of benzene rings is 1. The first-order valence-electron chi connectivity index (χ1n) is 10.7. The van der Waals surface area contributed by atoms with E-state index in [0.717, 1.165) is 12.3 Å². The molecule has 1 nitrogen and oxygen atoms in total. The number of likely N-dealkylation sites (N-methyl/N-ethyl adjacent to an activating group) is 1. The molecule has 1 aromatic rings. The van der Waals surface area contributed by atoms with E-state index in [1.54, 1.807) is 16.7 Å². The SMILES string of the molecule is C[N+]1=C[C@]2(C3CCCCC3)C(=CCc3ccccc32)C12CCCCC2. The Kier molecular flexibility index (Phi) is 3.69. The Hall–Kier alpha value is -1.37. The minimum absolute atomic E-state index is 0.196. The molecule has 0 N–H and O–H groups in total. The fourth-order valence-electron chi connectivity index (χ4n) is 6.82. The molecule has 1 spiro atoms. The molecule has 1 aromatic carbocycles. The first-order valence-corrected chi connectivity index (χ1v) is 10.7. The van der Waals surface area contributed by atoms with Crippen LogP contribution in [0.1, 0.15) is 75.3 Å². The molecule has 1 heterocycles. The topological polar surface area (TPSA) is 3.01 Å². The first-order chi connectivity index (χ1) is 12.3. The summed E-state index contributed by atoms with van der Waals surface area (Å²) < 4.78 is 2.68. The largest absolute Gasteiger partial charge is 0.232 e. The Morgan fingerprint density at radius 2 is 1.64 bits per heavy atom. The van der Waals surface area contributed by atoms with Gasteiger partial charge in [-0.1, -0.05) is 56.0 Å². The zero-order chi connectivity index (χ0) is 16.9. The van der Waals surface area contributed by atoms with Gasteiger partial charge in [-0.15, -0.1) is 0 Å². The number of hydrogen-bond acceptors (Lipinski definition) is 0. The van der Waals surface area contributed by atoms with Gasteiger partial charge in [-0.3, -0.25) is 0 Å². The average molecular weight is 335 g/mol. The summed E-state index contributed by atoms with van der Waals surface area (Å²) >= 11 is 0. The van der Waals surface area contributed by atoms with E-state index >= 15 is 0 Å². The zero-order valence-corrected chi connectivity index (χ0v) is 15.8. The molecule has 2 fully saturated rings. The van der Waals surface area contributed by atoms with Crippen LogP contribution < -0.4 is 0 Å². The highest BCUT2D eigenvalue weighted by Gasteiger charge is 2.62. The van der Waals surface area contributed by atoms with Crippen molar-refractivity contribution in [1.29, 1.82) is 0 Å². The summed E-state index contributed by atoms with van der Waals surface area (Å²) in [6.45, 7) is 0. The number of hydrogen-bond donors (Lipinski definition) is 0. The van der Waals surface area contributed by atoms with Gasteiger partial charge in [-0.25, -0.2) is 4.58 Å². The van der Waals surface area contributed by atoms with Crippen molar-refractivity contribution < 1.29 is 4.58 Å². The number of fused-ring (bicyclic) bond motifs is 4. The van der Waals surface area contributed by atoms with Gasteiger partial charge in [0.05, 0.1) is 0 Å². The van der Waals surface area contributed by atoms with E-state index in [4.69, 9.17) is 0 Å². The third kappa shape index (κ3) is 2.11. The van der Waals surface area contributed by atoms with Crippen LogP contribution in [0.3, 0.4) is 0 Å². The predicted octanol–water partition coefficient (Wildman–Crippen LogP) is 5.42. The van der Waals surface area contributed by atoms with Crippen molar-refractivity contribution in [1.82, 2.24) is 0 Å². The highest BCUT2D eigenvalue weighted by Crippen LogP contribution is 2.57. The molecule has 5 rings (SSSR count). The van der Waals surface area contributed by atoms with Gasteiger partial charge in [0.15, 0.2) is 11.8 Å². The minimum atomic E-state index is 0.196. The van der Waals surface area contributed by atoms with Crippen LogP contribution >= 0.6 is 0 Å². The Morgan fingerprint density at radius 1 is 0.920 bits per heavy atom. The Balaban J connectivity index is 1.71. The summed E-state index contributed by atoms with van der Waals surface area (Å²) in [7, 11) is 2.39. The lowest BCUT2D eigenvalue weighted by Crippen LogP contribution is -2.47. The Morgan fingerprint density at radius 3 is 2.44 bits per heavy atom. The third-order valence-electron chi connectivity index (χ3n) is 7.94. The zero-order valence-electron chi connectivity index (χ0n) is 15.8. The highest BCUT2D eigenvalue weighted by atomic mass is 15.1. The van der Waals surface area contributed by atoms with Crippen LogP contribution in [0.25, 0.3) is 0 Å². The van der Waals surface area contributed by atoms with E-state index in [2.05, 4.69) is 48.2 Å². The summed E-state index contributed by atoms with van der Waals surface area (Å²) in [4.78, 5) is 0. The van der Waals surface area contributed by atoms with Crippen LogP contribution in [0.4, 0.5) is 0 Å². The highest BCUT2D eigenvalue weighted by molar-refractivity contribution is 5.82. The van der Waals surface area contributed by atoms with Crippen molar-refractivity contribution >= 4 is 6.21 Å². The lowest BCUT2D eigenvalue weighted by atomic mass is 9.55. The molecule has 1 heteroatoms. The maximum Gasteiger partial charge on any atom is 0.184 e. The van der Waals surface area contributed by atoms with Crippen molar-refractivity contribution in [3.63, 3.8) is 0 Å². The maximum absolute atomic E-state index is 2.69. The Labute approximate surface area is 152 Å². The molecule has 1 atom stereocenters. The molecule has 0 bridgehead atoms. The van der Waals surface area contributed by atoms with Crippen molar-refractivity contribution in [2.75, 3.05) is 7.05 Å². The van der Waals surface area contributed by atoms with Gasteiger partial charge in [-0.2, -0.15) is 0 Å². The molecule has 0 unspecified atom stereocenters. The van der Waals surface area contributed by atoms with E-state index in [9.17, 15) is 0 Å². The van der Waals surface area contributed by atoms with Crippen LogP contribution in [0.5, 0.6) is 0 Å². The number of allylic oxidation sites excluding steroid dienone is 1. The Bertz CT molecular complexity index is 728. The number of nitrogens with zero attached hydrogens (tertiary/aromatic N) is 1. The molecule has 0 radical (unpaired) electrons. The van der Waals surface area contributed by atoms with Gasteiger partial charge >= 0.3 is 0 Å². The van der Waals surface area contributed by atoms with Gasteiger partial charge in [0.25, 0.3) is 0 Å². The van der Waals surface area contributed by atoms with Crippen LogP contribution in [-0.4, -0.2) is 23.4 Å². The van der Waals surface area contributed by atoms with Crippen LogP contribution in [0.15, 0.2) is 35.9 Å². The molecular formula is C24H32N+. The van der Waals surface area contributed by atoms with Gasteiger partial charge in [0.2, 0.25) is 0 Å². The maximum atomic E-state index is 2.69. The molecule has 1 aliphatic heterocycles. The molecule has 0 amide bonds. The monoisotopic (exact) mass is 334 g/mol. The summed E-state index contributed by atoms with van der Waals surface area (Å²) in [5, 5.41) is 0. The minimum Gasteiger partial charge on any atom is -0.232 e. The van der Waals surface area contributed by atoms with Gasteiger partial charge in [0, 0.05) is 18.4 Å². The molecular weight excluding hydrogens is 302 g/mol. The molecule has 25 heavy (non-hydrogen) atoms. The van der Waals surface area contributed by atoms with Crippen molar-refractivity contribution in [3.05, 3.63) is 47.0 Å². The lowest BCUT2D eigenvalue weighted by Gasteiger charge is -2.44. The molecule has 2 saturated carbocycles. The second-order valence-electron chi connectivity index (χ2n) is 9.02. The van der Waals surface area contributed by atoms with Crippen molar-refractivity contribution in [2.24, 2.45) is 5.92 Å². The summed E-state index contributed by atoms with van der Waals surface area (Å²) in [5.74, 6) is 0.803. The normalized spacial score (nSPS) is 31.2. The van der Waals surface area contributed by atoms with E-state index in [-0.39, 0.29) is 5.41 Å². The smallest absolute Gasteiger partial charge is 0.184 e. The molecule has 4 aliphatic rings. The first kappa shape index (κ1) is 15.9. The number of rotatable bonds is 1. The van der Waals surface area contributed by atoms with Crippen molar-refractivity contribution in [3.8, 4) is 0 Å². The summed E-state index contributed by atoms with van der Waals surface area (Å²) in [6.07, 6.45) is 20.6. The summed E-state index contributed by atoms with van der Waals surface area (Å²) in [6, 6.07) is 9.36. The van der Waals surface area contributed by atoms with E-state index in [0.29, 0.717) is 5.54 Å². The van der Waals surface area contributed by atoms with Gasteiger partial charge in [-0.05, 0) is 49.1 Å². The average Bonchev–Trinajstić information content (AvgIpc) is 2.92. The standard InChI is InChI=1S/C24H32N/c1-25-18-24(20-11-4-2-5-12-20)21-13-7-6-10-19(21)14-15-22(24)23(25)16-8-3-9-17-23/h6-7,10,13,15,18,20H,2-5,8-9,11-12,14,16-17H2,1H3/q+1/t24-/m1/s1. The third-order valence-corrected chi connectivity index (χ3v) is 7.94. The fraction of sp³-hybridized carbons (Fsp3) is 0.625. The molecule has 132 valence electrons. The molecule has 0 aromatic heterocycles. The second kappa shape index (κ2) is 5.83. The predicted molar refractivity (Wildman–Crippen MR) is 105 cm³/mol. The van der Waals surface area contributed by atoms with Gasteiger partial charge in [0.1, 0.15) is 12.5 Å². The van der Waals surface area contributed by atoms with Crippen molar-refractivity contribution in [2.45, 2.75) is 81.6 Å². The molecule has 3 aliphatic carbocycles. The van der Waals surface area contributed by atoms with Crippen LogP contribution in [-0.2, 0) is 11.8 Å². The van der Waals surface area contributed by atoms with E-state index in [1.807, 2.05) is 0 Å².